The Balaban J connectivity index is 1.78. The number of halogens is 2. The molecule has 3 rings (SSSR count). The molecule has 0 saturated carbocycles. The molecule has 1 N–H and O–H groups in total. The summed E-state index contributed by atoms with van der Waals surface area (Å²) in [5.41, 5.74) is 2.17. The van der Waals surface area contributed by atoms with Crippen LogP contribution in [0.15, 0.2) is 42.5 Å². The summed E-state index contributed by atoms with van der Waals surface area (Å²) in [6.07, 6.45) is 1.63. The first kappa shape index (κ1) is 15.8. The second-order valence-electron chi connectivity index (χ2n) is 5.77. The summed E-state index contributed by atoms with van der Waals surface area (Å²) in [6.45, 7) is 2.52. The molecule has 1 aliphatic heterocycles. The second-order valence-corrected chi connectivity index (χ2v) is 6.17. The summed E-state index contributed by atoms with van der Waals surface area (Å²) in [4.78, 5) is 14.2. The molecular weight excluding hydrogens is 315 g/mol. The smallest absolute Gasteiger partial charge is 0.317 e. The van der Waals surface area contributed by atoms with E-state index in [0.29, 0.717) is 22.8 Å². The van der Waals surface area contributed by atoms with Gasteiger partial charge in [-0.05, 0) is 43.5 Å². The van der Waals surface area contributed by atoms with Crippen LogP contribution in [0.5, 0.6) is 0 Å². The first-order valence-corrected chi connectivity index (χ1v) is 8.02. The molecule has 1 fully saturated rings. The number of carbonyl (C=O) groups excluding carboxylic acids is 1. The molecule has 2 aromatic carbocycles. The highest BCUT2D eigenvalue weighted by molar-refractivity contribution is 6.31. The van der Waals surface area contributed by atoms with Gasteiger partial charge >= 0.3 is 6.03 Å². The first-order chi connectivity index (χ1) is 11.1. The lowest BCUT2D eigenvalue weighted by Gasteiger charge is -2.25. The number of likely N-dealkylation sites (tertiary alicyclic amines) is 1. The zero-order chi connectivity index (χ0) is 16.4. The number of nitrogens with zero attached hydrogens (tertiary/aromatic N) is 1. The monoisotopic (exact) mass is 332 g/mol. The van der Waals surface area contributed by atoms with E-state index < -0.39 is 0 Å². The average Bonchev–Trinajstić information content (AvgIpc) is 3.01. The van der Waals surface area contributed by atoms with E-state index in [9.17, 15) is 9.18 Å². The molecule has 0 bridgehead atoms. The van der Waals surface area contributed by atoms with E-state index in [1.54, 1.807) is 29.2 Å². The number of anilines is 1. The van der Waals surface area contributed by atoms with Crippen LogP contribution in [-0.2, 0) is 0 Å². The van der Waals surface area contributed by atoms with Crippen molar-refractivity contribution < 1.29 is 9.18 Å². The van der Waals surface area contributed by atoms with Crippen molar-refractivity contribution in [3.05, 3.63) is 64.4 Å². The van der Waals surface area contributed by atoms with Crippen molar-refractivity contribution in [1.82, 2.24) is 4.90 Å². The van der Waals surface area contributed by atoms with Crippen molar-refractivity contribution in [1.29, 1.82) is 0 Å². The summed E-state index contributed by atoms with van der Waals surface area (Å²) in [5, 5.41) is 3.46. The third-order valence-electron chi connectivity index (χ3n) is 4.20. The average molecular weight is 333 g/mol. The number of carbonyl (C=O) groups is 1. The van der Waals surface area contributed by atoms with Crippen LogP contribution in [-0.4, -0.2) is 17.5 Å². The molecule has 1 atom stereocenters. The molecule has 2 amide bonds. The maximum absolute atomic E-state index is 14.0. The number of rotatable bonds is 2. The lowest BCUT2D eigenvalue weighted by molar-refractivity contribution is 0.206. The molecule has 23 heavy (non-hydrogen) atoms. The second kappa shape index (κ2) is 6.59. The fraction of sp³-hybridized carbons (Fsp3) is 0.278. The molecule has 0 spiro atoms. The van der Waals surface area contributed by atoms with Crippen LogP contribution in [0.25, 0.3) is 0 Å². The van der Waals surface area contributed by atoms with Gasteiger partial charge in [-0.1, -0.05) is 35.9 Å². The van der Waals surface area contributed by atoms with E-state index in [1.807, 2.05) is 19.1 Å². The molecule has 0 radical (unpaired) electrons. The number of aryl methyl sites for hydroxylation is 1. The Morgan fingerprint density at radius 3 is 2.83 bits per heavy atom. The SMILES string of the molecule is Cc1ccc(NC(=O)N2CCC[C@@H]2c2ccccc2F)cc1Cl. The van der Waals surface area contributed by atoms with Gasteiger partial charge in [0.2, 0.25) is 0 Å². The predicted molar refractivity (Wildman–Crippen MR) is 90.3 cm³/mol. The third-order valence-corrected chi connectivity index (χ3v) is 4.61. The lowest BCUT2D eigenvalue weighted by Crippen LogP contribution is -2.34. The lowest BCUT2D eigenvalue weighted by atomic mass is 10.0. The Morgan fingerprint density at radius 2 is 2.09 bits per heavy atom. The van der Waals surface area contributed by atoms with Crippen molar-refractivity contribution >= 4 is 23.3 Å². The molecule has 0 aliphatic carbocycles. The van der Waals surface area contributed by atoms with Crippen LogP contribution in [0.3, 0.4) is 0 Å². The van der Waals surface area contributed by atoms with Crippen molar-refractivity contribution in [2.24, 2.45) is 0 Å². The normalized spacial score (nSPS) is 17.3. The quantitative estimate of drug-likeness (QED) is 0.809. The molecule has 2 aromatic rings. The molecule has 1 heterocycles. The number of benzene rings is 2. The third kappa shape index (κ3) is 3.32. The minimum atomic E-state index is -0.268. The number of hydrogen-bond donors (Lipinski definition) is 1. The van der Waals surface area contributed by atoms with Gasteiger partial charge in [0, 0.05) is 22.8 Å². The Bertz CT molecular complexity index is 735. The van der Waals surface area contributed by atoms with E-state index >= 15 is 0 Å². The van der Waals surface area contributed by atoms with Gasteiger partial charge in [0.05, 0.1) is 6.04 Å². The molecular formula is C18H18ClFN2O. The van der Waals surface area contributed by atoms with Crippen molar-refractivity contribution in [2.45, 2.75) is 25.8 Å². The summed E-state index contributed by atoms with van der Waals surface area (Å²) in [6, 6.07) is 11.6. The highest BCUT2D eigenvalue weighted by Crippen LogP contribution is 2.33. The fourth-order valence-corrected chi connectivity index (χ4v) is 3.12. The van der Waals surface area contributed by atoms with Gasteiger partial charge in [0.15, 0.2) is 0 Å². The zero-order valence-corrected chi connectivity index (χ0v) is 13.6. The molecule has 0 unspecified atom stereocenters. The topological polar surface area (TPSA) is 32.3 Å². The van der Waals surface area contributed by atoms with Gasteiger partial charge in [-0.25, -0.2) is 9.18 Å². The van der Waals surface area contributed by atoms with E-state index in [1.165, 1.54) is 6.07 Å². The van der Waals surface area contributed by atoms with E-state index in [0.717, 1.165) is 18.4 Å². The molecule has 120 valence electrons. The minimum absolute atomic E-state index is 0.225. The van der Waals surface area contributed by atoms with Gasteiger partial charge in [-0.15, -0.1) is 0 Å². The van der Waals surface area contributed by atoms with Gasteiger partial charge < -0.3 is 10.2 Å². The molecule has 1 saturated heterocycles. The first-order valence-electron chi connectivity index (χ1n) is 7.64. The highest BCUT2D eigenvalue weighted by Gasteiger charge is 2.31. The summed E-state index contributed by atoms with van der Waals surface area (Å²) >= 11 is 6.09. The fourth-order valence-electron chi connectivity index (χ4n) is 2.94. The zero-order valence-electron chi connectivity index (χ0n) is 12.9. The van der Waals surface area contributed by atoms with Crippen LogP contribution >= 0.6 is 11.6 Å². The Morgan fingerprint density at radius 1 is 1.30 bits per heavy atom. The van der Waals surface area contributed by atoms with Crippen molar-refractivity contribution in [2.75, 3.05) is 11.9 Å². The Labute approximate surface area is 140 Å². The van der Waals surface area contributed by atoms with Crippen molar-refractivity contribution in [3.8, 4) is 0 Å². The largest absolute Gasteiger partial charge is 0.322 e. The van der Waals surface area contributed by atoms with E-state index in [2.05, 4.69) is 5.32 Å². The Hall–Kier alpha value is -2.07. The van der Waals surface area contributed by atoms with E-state index in [-0.39, 0.29) is 17.9 Å². The van der Waals surface area contributed by atoms with E-state index in [4.69, 9.17) is 11.6 Å². The number of urea groups is 1. The van der Waals surface area contributed by atoms with Crippen LogP contribution in [0.4, 0.5) is 14.9 Å². The van der Waals surface area contributed by atoms with Gasteiger partial charge in [-0.2, -0.15) is 0 Å². The van der Waals surface area contributed by atoms with Gasteiger partial charge in [0.1, 0.15) is 5.82 Å². The molecule has 0 aromatic heterocycles. The Kier molecular flexibility index (Phi) is 4.53. The van der Waals surface area contributed by atoms with Crippen LogP contribution in [0.2, 0.25) is 5.02 Å². The van der Waals surface area contributed by atoms with Crippen LogP contribution in [0.1, 0.15) is 30.0 Å². The molecule has 3 nitrogen and oxygen atoms in total. The molecule has 5 heteroatoms. The predicted octanol–water partition coefficient (Wildman–Crippen LogP) is 5.16. The minimum Gasteiger partial charge on any atom is -0.317 e. The van der Waals surface area contributed by atoms with Gasteiger partial charge in [-0.3, -0.25) is 0 Å². The highest BCUT2D eigenvalue weighted by atomic mass is 35.5. The maximum atomic E-state index is 14.0. The van der Waals surface area contributed by atoms with Crippen LogP contribution < -0.4 is 5.32 Å². The van der Waals surface area contributed by atoms with Gasteiger partial charge in [0.25, 0.3) is 0 Å². The summed E-state index contributed by atoms with van der Waals surface area (Å²) in [5.74, 6) is -0.268. The summed E-state index contributed by atoms with van der Waals surface area (Å²) in [7, 11) is 0. The van der Waals surface area contributed by atoms with Crippen LogP contribution in [0, 0.1) is 12.7 Å². The number of nitrogens with one attached hydrogen (secondary N) is 1. The van der Waals surface area contributed by atoms with Crippen molar-refractivity contribution in [3.63, 3.8) is 0 Å². The molecule has 1 aliphatic rings. The maximum Gasteiger partial charge on any atom is 0.322 e. The summed E-state index contributed by atoms with van der Waals surface area (Å²) < 4.78 is 14.0. The number of amides is 2. The number of hydrogen-bond acceptors (Lipinski definition) is 1. The standard InChI is InChI=1S/C18H18ClFN2O/c1-12-8-9-13(11-15(12)19)21-18(23)22-10-4-7-17(22)14-5-2-3-6-16(14)20/h2-3,5-6,8-9,11,17H,4,7,10H2,1H3,(H,21,23)/t17-/m1/s1.